The molecule has 1 aliphatic rings. The molecule has 0 aliphatic heterocycles. The highest BCUT2D eigenvalue weighted by atomic mass is 35.5. The van der Waals surface area contributed by atoms with Crippen molar-refractivity contribution in [1.82, 2.24) is 5.32 Å². The fourth-order valence-corrected chi connectivity index (χ4v) is 2.72. The summed E-state index contributed by atoms with van der Waals surface area (Å²) in [6.07, 6.45) is 3.10. The third-order valence-electron chi connectivity index (χ3n) is 3.49. The maximum atomic E-state index is 13.9. The third kappa shape index (κ3) is 3.29. The molecule has 0 spiro atoms. The molecule has 1 fully saturated rings. The van der Waals surface area contributed by atoms with E-state index in [1.54, 1.807) is 0 Å². The van der Waals surface area contributed by atoms with Crippen molar-refractivity contribution in [2.24, 2.45) is 0 Å². The van der Waals surface area contributed by atoms with Crippen molar-refractivity contribution in [3.05, 3.63) is 39.4 Å². The molecule has 2 unspecified atom stereocenters. The van der Waals surface area contributed by atoms with Crippen LogP contribution in [0.4, 0.5) is 14.5 Å². The van der Waals surface area contributed by atoms with E-state index in [1.807, 2.05) is 0 Å². The largest absolute Gasteiger partial charge is 0.348 e. The number of nitro benzene ring substituents is 1. The van der Waals surface area contributed by atoms with Gasteiger partial charge >= 0.3 is 5.69 Å². The molecule has 2 rings (SSSR count). The molecule has 1 aliphatic carbocycles. The van der Waals surface area contributed by atoms with E-state index in [0.29, 0.717) is 25.0 Å². The Morgan fingerprint density at radius 3 is 2.62 bits per heavy atom. The zero-order valence-corrected chi connectivity index (χ0v) is 11.7. The fraction of sp³-hybridized carbons (Fsp3) is 0.462. The molecular formula is C13H13ClF2N2O3. The normalized spacial score (nSPS) is 21.9. The number of nitro groups is 1. The molecule has 8 heteroatoms. The molecule has 1 saturated carbocycles. The lowest BCUT2D eigenvalue weighted by molar-refractivity contribution is -0.387. The first-order valence-electron chi connectivity index (χ1n) is 6.49. The monoisotopic (exact) mass is 318 g/mol. The van der Waals surface area contributed by atoms with E-state index in [-0.39, 0.29) is 5.38 Å². The molecule has 114 valence electrons. The predicted molar refractivity (Wildman–Crippen MR) is 72.4 cm³/mol. The Bertz CT molecular complexity index is 583. The first-order chi connectivity index (χ1) is 9.91. The summed E-state index contributed by atoms with van der Waals surface area (Å²) in [5, 5.41) is 12.8. The zero-order valence-electron chi connectivity index (χ0n) is 10.9. The van der Waals surface area contributed by atoms with Crippen LogP contribution >= 0.6 is 11.6 Å². The van der Waals surface area contributed by atoms with Gasteiger partial charge in [0.1, 0.15) is 11.4 Å². The summed E-state index contributed by atoms with van der Waals surface area (Å²) >= 11 is 6.07. The molecule has 1 N–H and O–H groups in total. The highest BCUT2D eigenvalue weighted by molar-refractivity contribution is 6.21. The minimum atomic E-state index is -1.47. The number of halogens is 3. The average molecular weight is 319 g/mol. The Balaban J connectivity index is 2.26. The number of nitrogens with zero attached hydrogens (tertiary/aromatic N) is 1. The van der Waals surface area contributed by atoms with Gasteiger partial charge in [0, 0.05) is 12.1 Å². The molecule has 0 saturated heterocycles. The van der Waals surface area contributed by atoms with Crippen molar-refractivity contribution in [2.75, 3.05) is 0 Å². The van der Waals surface area contributed by atoms with Gasteiger partial charge in [-0.25, -0.2) is 4.39 Å². The summed E-state index contributed by atoms with van der Waals surface area (Å²) in [6, 6.07) is 0.993. The Labute approximate surface area is 124 Å². The highest BCUT2D eigenvalue weighted by Crippen LogP contribution is 2.26. The van der Waals surface area contributed by atoms with E-state index in [1.165, 1.54) is 0 Å². The number of carbonyl (C=O) groups excluding carboxylic acids is 1. The summed E-state index contributed by atoms with van der Waals surface area (Å²) in [6.45, 7) is 0. The quantitative estimate of drug-likeness (QED) is 0.528. The second kappa shape index (κ2) is 6.34. The summed E-state index contributed by atoms with van der Waals surface area (Å²) in [7, 11) is 0. The molecule has 0 heterocycles. The van der Waals surface area contributed by atoms with Crippen LogP contribution in [0.3, 0.4) is 0 Å². The van der Waals surface area contributed by atoms with Crippen molar-refractivity contribution in [1.29, 1.82) is 0 Å². The van der Waals surface area contributed by atoms with Gasteiger partial charge in [0.05, 0.1) is 10.3 Å². The van der Waals surface area contributed by atoms with E-state index in [0.717, 1.165) is 12.8 Å². The van der Waals surface area contributed by atoms with Gasteiger partial charge in [-0.2, -0.15) is 4.39 Å². The fourth-order valence-electron chi connectivity index (χ4n) is 2.38. The van der Waals surface area contributed by atoms with Crippen molar-refractivity contribution >= 4 is 23.2 Å². The van der Waals surface area contributed by atoms with Crippen molar-refractivity contribution in [3.8, 4) is 0 Å². The molecule has 1 amide bonds. The van der Waals surface area contributed by atoms with Crippen molar-refractivity contribution < 1.29 is 18.5 Å². The minimum Gasteiger partial charge on any atom is -0.348 e. The van der Waals surface area contributed by atoms with Crippen LogP contribution in [-0.4, -0.2) is 22.2 Å². The number of hydrogen-bond donors (Lipinski definition) is 1. The summed E-state index contributed by atoms with van der Waals surface area (Å²) < 4.78 is 27.5. The number of amides is 1. The number of hydrogen-bond acceptors (Lipinski definition) is 3. The minimum absolute atomic E-state index is 0.312. The molecule has 2 atom stereocenters. The molecule has 0 bridgehead atoms. The van der Waals surface area contributed by atoms with Crippen LogP contribution in [0.15, 0.2) is 12.1 Å². The predicted octanol–water partition coefficient (Wildman–Crippen LogP) is 3.15. The van der Waals surface area contributed by atoms with Gasteiger partial charge in [0.15, 0.2) is 0 Å². The standard InChI is InChI=1S/C13H13ClF2N2O3/c14-7-3-1-2-4-9(7)17-13(19)11-8(15)5-6-10(12(11)16)18(20)21/h5-7,9H,1-4H2,(H,17,19). The maximum absolute atomic E-state index is 13.9. The Morgan fingerprint density at radius 1 is 1.33 bits per heavy atom. The summed E-state index contributed by atoms with van der Waals surface area (Å²) in [5.74, 6) is -3.64. The lowest BCUT2D eigenvalue weighted by Crippen LogP contribution is -2.43. The lowest BCUT2D eigenvalue weighted by Gasteiger charge is -2.27. The first-order valence-corrected chi connectivity index (χ1v) is 6.92. The number of nitrogens with one attached hydrogen (secondary N) is 1. The number of benzene rings is 1. The molecular weight excluding hydrogens is 306 g/mol. The smallest absolute Gasteiger partial charge is 0.305 e. The van der Waals surface area contributed by atoms with Crippen LogP contribution in [0.1, 0.15) is 36.0 Å². The van der Waals surface area contributed by atoms with Gasteiger partial charge in [0.25, 0.3) is 5.91 Å². The second-order valence-electron chi connectivity index (χ2n) is 4.89. The van der Waals surface area contributed by atoms with Gasteiger partial charge in [-0.1, -0.05) is 12.8 Å². The molecule has 1 aromatic rings. The van der Waals surface area contributed by atoms with E-state index in [9.17, 15) is 23.7 Å². The lowest BCUT2D eigenvalue weighted by atomic mass is 9.94. The van der Waals surface area contributed by atoms with Crippen LogP contribution in [0.2, 0.25) is 0 Å². The van der Waals surface area contributed by atoms with E-state index < -0.39 is 39.8 Å². The van der Waals surface area contributed by atoms with Crippen LogP contribution in [0, 0.1) is 21.7 Å². The third-order valence-corrected chi connectivity index (χ3v) is 4.01. The van der Waals surface area contributed by atoms with Gasteiger partial charge < -0.3 is 5.32 Å². The number of alkyl halides is 1. The van der Waals surface area contributed by atoms with Crippen molar-refractivity contribution in [2.45, 2.75) is 37.1 Å². The van der Waals surface area contributed by atoms with Gasteiger partial charge in [-0.05, 0) is 18.9 Å². The summed E-state index contributed by atoms with van der Waals surface area (Å²) in [4.78, 5) is 21.6. The van der Waals surface area contributed by atoms with Crippen LogP contribution < -0.4 is 5.32 Å². The van der Waals surface area contributed by atoms with E-state index in [4.69, 9.17) is 11.6 Å². The topological polar surface area (TPSA) is 72.2 Å². The molecule has 1 aromatic carbocycles. The SMILES string of the molecule is O=C(NC1CCCCC1Cl)c1c(F)ccc([N+](=O)[O-])c1F. The Kier molecular flexibility index (Phi) is 4.72. The second-order valence-corrected chi connectivity index (χ2v) is 5.45. The summed E-state index contributed by atoms with van der Waals surface area (Å²) in [5.41, 5.74) is -1.88. The molecule has 5 nitrogen and oxygen atoms in total. The number of carbonyl (C=O) groups is 1. The van der Waals surface area contributed by atoms with E-state index in [2.05, 4.69) is 5.32 Å². The van der Waals surface area contributed by atoms with Crippen LogP contribution in [-0.2, 0) is 0 Å². The van der Waals surface area contributed by atoms with Crippen molar-refractivity contribution in [3.63, 3.8) is 0 Å². The number of rotatable bonds is 3. The molecule has 0 aromatic heterocycles. The van der Waals surface area contributed by atoms with Crippen LogP contribution in [0.5, 0.6) is 0 Å². The average Bonchev–Trinajstić information content (AvgIpc) is 2.41. The Hall–Kier alpha value is -1.76. The highest BCUT2D eigenvalue weighted by Gasteiger charge is 2.30. The van der Waals surface area contributed by atoms with E-state index >= 15 is 0 Å². The molecule has 21 heavy (non-hydrogen) atoms. The maximum Gasteiger partial charge on any atom is 0.305 e. The zero-order chi connectivity index (χ0) is 15.6. The van der Waals surface area contributed by atoms with Gasteiger partial charge in [-0.15, -0.1) is 11.6 Å². The first kappa shape index (κ1) is 15.6. The van der Waals surface area contributed by atoms with Gasteiger partial charge in [-0.3, -0.25) is 14.9 Å². The Morgan fingerprint density at radius 2 is 2.00 bits per heavy atom. The van der Waals surface area contributed by atoms with Gasteiger partial charge in [0.2, 0.25) is 5.82 Å². The molecule has 0 radical (unpaired) electrons. The van der Waals surface area contributed by atoms with Crippen LogP contribution in [0.25, 0.3) is 0 Å².